The van der Waals surface area contributed by atoms with Crippen molar-refractivity contribution in [2.75, 3.05) is 13.2 Å². The molecule has 0 saturated heterocycles. The highest BCUT2D eigenvalue weighted by atomic mass is 16.5. The Hall–Kier alpha value is -0.610. The van der Waals surface area contributed by atoms with E-state index in [-0.39, 0.29) is 11.5 Å². The molecule has 1 rings (SSSR count). The Morgan fingerprint density at radius 3 is 2.71 bits per heavy atom. The summed E-state index contributed by atoms with van der Waals surface area (Å²) in [5.41, 5.74) is -0.0994. The van der Waals surface area contributed by atoms with E-state index >= 15 is 0 Å². The molecule has 1 aliphatic rings. The molecule has 0 aliphatic heterocycles. The van der Waals surface area contributed by atoms with Gasteiger partial charge in [-0.2, -0.15) is 0 Å². The molecule has 1 aliphatic carbocycles. The average molecular weight is 243 g/mol. The van der Waals surface area contributed by atoms with Crippen LogP contribution in [0.2, 0.25) is 0 Å². The zero-order valence-corrected chi connectivity index (χ0v) is 11.2. The van der Waals surface area contributed by atoms with Gasteiger partial charge in [-0.1, -0.05) is 6.42 Å². The number of hydrogen-bond acceptors (Lipinski definition) is 3. The molecule has 17 heavy (non-hydrogen) atoms. The summed E-state index contributed by atoms with van der Waals surface area (Å²) in [5, 5.41) is 12.4. The third-order valence-corrected chi connectivity index (χ3v) is 3.09. The summed E-state index contributed by atoms with van der Waals surface area (Å²) in [6.07, 6.45) is 3.67. The van der Waals surface area contributed by atoms with Crippen LogP contribution in [0.1, 0.15) is 46.5 Å². The molecule has 4 heteroatoms. The Bertz CT molecular complexity index is 248. The van der Waals surface area contributed by atoms with E-state index in [2.05, 4.69) is 5.32 Å². The summed E-state index contributed by atoms with van der Waals surface area (Å²) in [6.45, 7) is 7.59. The summed E-state index contributed by atoms with van der Waals surface area (Å²) in [4.78, 5) is 10.9. The monoisotopic (exact) mass is 243 g/mol. The van der Waals surface area contributed by atoms with Crippen LogP contribution in [-0.2, 0) is 9.53 Å². The van der Waals surface area contributed by atoms with E-state index in [9.17, 15) is 4.79 Å². The number of ether oxygens (including phenoxy) is 1. The van der Waals surface area contributed by atoms with Crippen molar-refractivity contribution in [3.8, 4) is 0 Å². The molecule has 0 heterocycles. The third-order valence-electron chi connectivity index (χ3n) is 3.09. The molecule has 1 saturated carbocycles. The van der Waals surface area contributed by atoms with Crippen molar-refractivity contribution in [1.82, 2.24) is 5.32 Å². The van der Waals surface area contributed by atoms with Crippen LogP contribution in [-0.4, -0.2) is 35.9 Å². The van der Waals surface area contributed by atoms with Crippen LogP contribution in [0.15, 0.2) is 0 Å². The molecule has 0 aromatic heterocycles. The fourth-order valence-electron chi connectivity index (χ4n) is 2.22. The van der Waals surface area contributed by atoms with Crippen molar-refractivity contribution in [1.29, 1.82) is 0 Å². The maximum Gasteiger partial charge on any atom is 0.306 e. The van der Waals surface area contributed by atoms with Gasteiger partial charge in [-0.3, -0.25) is 4.79 Å². The van der Waals surface area contributed by atoms with Crippen LogP contribution in [0.3, 0.4) is 0 Å². The van der Waals surface area contributed by atoms with Gasteiger partial charge in [-0.15, -0.1) is 0 Å². The second-order valence-corrected chi connectivity index (χ2v) is 5.81. The first-order valence-electron chi connectivity index (χ1n) is 6.48. The Kier molecular flexibility index (Phi) is 5.40. The lowest BCUT2D eigenvalue weighted by Gasteiger charge is -2.28. The van der Waals surface area contributed by atoms with Gasteiger partial charge in [0.2, 0.25) is 0 Å². The van der Waals surface area contributed by atoms with E-state index in [1.54, 1.807) is 0 Å². The largest absolute Gasteiger partial charge is 0.481 e. The highest BCUT2D eigenvalue weighted by Gasteiger charge is 2.26. The van der Waals surface area contributed by atoms with Gasteiger partial charge in [0, 0.05) is 12.6 Å². The van der Waals surface area contributed by atoms with Gasteiger partial charge in [0.05, 0.1) is 18.1 Å². The highest BCUT2D eigenvalue weighted by molar-refractivity contribution is 5.70. The first-order valence-corrected chi connectivity index (χ1v) is 6.48. The van der Waals surface area contributed by atoms with Crippen molar-refractivity contribution in [2.45, 2.75) is 58.1 Å². The average Bonchev–Trinajstić information content (AvgIpc) is 2.23. The van der Waals surface area contributed by atoms with Crippen LogP contribution < -0.4 is 5.32 Å². The van der Waals surface area contributed by atoms with Gasteiger partial charge < -0.3 is 15.2 Å². The Morgan fingerprint density at radius 2 is 2.12 bits per heavy atom. The molecule has 2 atom stereocenters. The lowest BCUT2D eigenvalue weighted by molar-refractivity contribution is -0.143. The highest BCUT2D eigenvalue weighted by Crippen LogP contribution is 2.24. The van der Waals surface area contributed by atoms with Crippen LogP contribution >= 0.6 is 0 Å². The number of aliphatic carboxylic acids is 1. The van der Waals surface area contributed by atoms with Crippen LogP contribution in [0, 0.1) is 5.92 Å². The summed E-state index contributed by atoms with van der Waals surface area (Å²) >= 11 is 0. The number of carboxylic acid groups (broad SMARTS) is 1. The maximum absolute atomic E-state index is 10.9. The zero-order chi connectivity index (χ0) is 12.9. The van der Waals surface area contributed by atoms with Crippen LogP contribution in [0.5, 0.6) is 0 Å². The molecule has 100 valence electrons. The fraction of sp³-hybridized carbons (Fsp3) is 0.923. The van der Waals surface area contributed by atoms with Crippen molar-refractivity contribution < 1.29 is 14.6 Å². The quantitative estimate of drug-likeness (QED) is 0.725. The number of rotatable bonds is 5. The van der Waals surface area contributed by atoms with E-state index < -0.39 is 5.97 Å². The molecule has 0 bridgehead atoms. The molecular weight excluding hydrogens is 218 g/mol. The van der Waals surface area contributed by atoms with E-state index in [1.165, 1.54) is 0 Å². The maximum atomic E-state index is 10.9. The molecule has 0 aromatic rings. The second kappa shape index (κ2) is 6.36. The number of carboxylic acids is 1. The summed E-state index contributed by atoms with van der Waals surface area (Å²) in [5.74, 6) is -0.813. The zero-order valence-electron chi connectivity index (χ0n) is 11.2. The first kappa shape index (κ1) is 14.5. The van der Waals surface area contributed by atoms with E-state index in [4.69, 9.17) is 9.84 Å². The van der Waals surface area contributed by atoms with Crippen molar-refractivity contribution in [2.24, 2.45) is 5.92 Å². The standard InChI is InChI=1S/C13H25NO3/c1-13(2,3)17-8-7-14-11-6-4-5-10(9-11)12(15)16/h10-11,14H,4-9H2,1-3H3,(H,15,16). The van der Waals surface area contributed by atoms with E-state index in [0.29, 0.717) is 12.6 Å². The summed E-state index contributed by atoms with van der Waals surface area (Å²) in [7, 11) is 0. The number of carbonyl (C=O) groups is 1. The topological polar surface area (TPSA) is 58.6 Å². The Balaban J connectivity index is 2.17. The minimum Gasteiger partial charge on any atom is -0.481 e. The smallest absolute Gasteiger partial charge is 0.306 e. The lowest BCUT2D eigenvalue weighted by Crippen LogP contribution is -2.38. The van der Waals surface area contributed by atoms with E-state index in [1.807, 2.05) is 20.8 Å². The SMILES string of the molecule is CC(C)(C)OCCNC1CCCC(C(=O)O)C1. The van der Waals surface area contributed by atoms with Gasteiger partial charge in [-0.05, 0) is 40.0 Å². The normalized spacial score (nSPS) is 25.8. The van der Waals surface area contributed by atoms with Gasteiger partial charge >= 0.3 is 5.97 Å². The molecule has 0 amide bonds. The van der Waals surface area contributed by atoms with Crippen LogP contribution in [0.25, 0.3) is 0 Å². The molecule has 4 nitrogen and oxygen atoms in total. The van der Waals surface area contributed by atoms with Crippen molar-refractivity contribution in [3.05, 3.63) is 0 Å². The lowest BCUT2D eigenvalue weighted by atomic mass is 9.86. The molecule has 2 N–H and O–H groups in total. The molecule has 0 aromatic carbocycles. The number of nitrogens with one attached hydrogen (secondary N) is 1. The summed E-state index contributed by atoms with van der Waals surface area (Å²) < 4.78 is 5.62. The first-order chi connectivity index (χ1) is 7.88. The predicted molar refractivity (Wildman–Crippen MR) is 67.1 cm³/mol. The minimum atomic E-state index is -0.651. The molecule has 0 radical (unpaired) electrons. The van der Waals surface area contributed by atoms with Gasteiger partial charge in [-0.25, -0.2) is 0 Å². The van der Waals surface area contributed by atoms with Crippen molar-refractivity contribution in [3.63, 3.8) is 0 Å². The molecule has 1 fully saturated rings. The summed E-state index contributed by atoms with van der Waals surface area (Å²) in [6, 6.07) is 0.341. The van der Waals surface area contributed by atoms with Gasteiger partial charge in [0.25, 0.3) is 0 Å². The fourth-order valence-corrected chi connectivity index (χ4v) is 2.22. The third kappa shape index (κ3) is 6.03. The van der Waals surface area contributed by atoms with Crippen molar-refractivity contribution >= 4 is 5.97 Å². The number of hydrogen-bond donors (Lipinski definition) is 2. The Morgan fingerprint density at radius 1 is 1.41 bits per heavy atom. The Labute approximate surface area is 104 Å². The predicted octanol–water partition coefficient (Wildman–Crippen LogP) is 2.03. The van der Waals surface area contributed by atoms with Gasteiger partial charge in [0.15, 0.2) is 0 Å². The minimum absolute atomic E-state index is 0.0994. The molecular formula is C13H25NO3. The second-order valence-electron chi connectivity index (χ2n) is 5.81. The van der Waals surface area contributed by atoms with E-state index in [0.717, 1.165) is 32.2 Å². The molecule has 2 unspecified atom stereocenters. The molecule has 0 spiro atoms. The van der Waals surface area contributed by atoms with Crippen LogP contribution in [0.4, 0.5) is 0 Å². The van der Waals surface area contributed by atoms with Gasteiger partial charge in [0.1, 0.15) is 0 Å².